The van der Waals surface area contributed by atoms with Crippen molar-refractivity contribution in [3.63, 3.8) is 0 Å². The summed E-state index contributed by atoms with van der Waals surface area (Å²) in [5.41, 5.74) is 1.77. The zero-order valence-electron chi connectivity index (χ0n) is 11.1. The standard InChI is InChI=1S/C15H19NO3/c1-18-15(17)11-4-2-10(3-5-11)9-16-13-8-12-6-7-14(13)19-12/h2-5,12-14,16H,6-9H2,1H3. The molecule has 3 unspecified atom stereocenters. The molecule has 2 aliphatic rings. The maximum Gasteiger partial charge on any atom is 0.337 e. The van der Waals surface area contributed by atoms with Crippen molar-refractivity contribution in [1.29, 1.82) is 0 Å². The van der Waals surface area contributed by atoms with Gasteiger partial charge in [-0.25, -0.2) is 4.79 Å². The van der Waals surface area contributed by atoms with Crippen molar-refractivity contribution in [2.45, 2.75) is 44.1 Å². The monoisotopic (exact) mass is 261 g/mol. The first kappa shape index (κ1) is 12.6. The Morgan fingerprint density at radius 3 is 2.74 bits per heavy atom. The van der Waals surface area contributed by atoms with Gasteiger partial charge in [-0.2, -0.15) is 0 Å². The molecule has 0 aromatic heterocycles. The third kappa shape index (κ3) is 2.65. The Morgan fingerprint density at radius 1 is 1.37 bits per heavy atom. The number of esters is 1. The van der Waals surface area contributed by atoms with Crippen molar-refractivity contribution in [3.05, 3.63) is 35.4 Å². The van der Waals surface area contributed by atoms with Crippen LogP contribution in [0.5, 0.6) is 0 Å². The zero-order valence-corrected chi connectivity index (χ0v) is 11.1. The molecule has 3 atom stereocenters. The predicted octanol–water partition coefficient (Wildman–Crippen LogP) is 1.88. The summed E-state index contributed by atoms with van der Waals surface area (Å²) in [4.78, 5) is 11.3. The van der Waals surface area contributed by atoms with Gasteiger partial charge in [0.25, 0.3) is 0 Å². The number of methoxy groups -OCH3 is 1. The molecule has 0 saturated carbocycles. The summed E-state index contributed by atoms with van der Waals surface area (Å²) in [7, 11) is 1.40. The molecule has 4 nitrogen and oxygen atoms in total. The molecule has 3 rings (SSSR count). The normalized spacial score (nSPS) is 28.6. The molecule has 2 aliphatic heterocycles. The summed E-state index contributed by atoms with van der Waals surface area (Å²) in [5, 5.41) is 3.55. The van der Waals surface area contributed by atoms with Crippen LogP contribution in [0.4, 0.5) is 0 Å². The lowest BCUT2D eigenvalue weighted by atomic mass is 9.95. The topological polar surface area (TPSA) is 47.6 Å². The van der Waals surface area contributed by atoms with Gasteiger partial charge in [-0.1, -0.05) is 12.1 Å². The lowest BCUT2D eigenvalue weighted by Gasteiger charge is -2.20. The second kappa shape index (κ2) is 5.31. The second-order valence-corrected chi connectivity index (χ2v) is 5.29. The minimum atomic E-state index is -0.291. The highest BCUT2D eigenvalue weighted by Crippen LogP contribution is 2.34. The summed E-state index contributed by atoms with van der Waals surface area (Å²) in [6.45, 7) is 0.818. The SMILES string of the molecule is COC(=O)c1ccc(CNC2CC3CCC2O3)cc1. The van der Waals surface area contributed by atoms with Gasteiger partial charge < -0.3 is 14.8 Å². The Hall–Kier alpha value is -1.39. The molecular formula is C15H19NO3. The second-order valence-electron chi connectivity index (χ2n) is 5.29. The average molecular weight is 261 g/mol. The Balaban J connectivity index is 1.54. The summed E-state index contributed by atoms with van der Waals surface area (Å²) in [6, 6.07) is 8.03. The lowest BCUT2D eigenvalue weighted by Crippen LogP contribution is -2.36. The molecule has 2 saturated heterocycles. The van der Waals surface area contributed by atoms with Gasteiger partial charge in [-0.15, -0.1) is 0 Å². The van der Waals surface area contributed by atoms with E-state index in [-0.39, 0.29) is 5.97 Å². The smallest absolute Gasteiger partial charge is 0.337 e. The number of rotatable bonds is 4. The molecule has 102 valence electrons. The van der Waals surface area contributed by atoms with E-state index in [1.54, 1.807) is 12.1 Å². The summed E-state index contributed by atoms with van der Waals surface area (Å²) in [5.74, 6) is -0.291. The van der Waals surface area contributed by atoms with Gasteiger partial charge in [0.15, 0.2) is 0 Å². The third-order valence-electron chi connectivity index (χ3n) is 4.05. The van der Waals surface area contributed by atoms with E-state index in [0.717, 1.165) is 13.0 Å². The van der Waals surface area contributed by atoms with Crippen molar-refractivity contribution in [1.82, 2.24) is 5.32 Å². The minimum Gasteiger partial charge on any atom is -0.465 e. The van der Waals surface area contributed by atoms with Gasteiger partial charge in [0.1, 0.15) is 0 Å². The molecule has 1 aromatic rings. The Kier molecular flexibility index (Phi) is 3.53. The first-order valence-electron chi connectivity index (χ1n) is 6.82. The molecule has 2 heterocycles. The van der Waals surface area contributed by atoms with E-state index in [2.05, 4.69) is 10.1 Å². The molecule has 0 aliphatic carbocycles. The van der Waals surface area contributed by atoms with Crippen LogP contribution < -0.4 is 5.32 Å². The summed E-state index contributed by atoms with van der Waals surface area (Å²) < 4.78 is 10.5. The van der Waals surface area contributed by atoms with Crippen molar-refractivity contribution >= 4 is 5.97 Å². The maximum atomic E-state index is 11.3. The van der Waals surface area contributed by atoms with E-state index in [4.69, 9.17) is 4.74 Å². The number of benzene rings is 1. The summed E-state index contributed by atoms with van der Waals surface area (Å²) in [6.07, 6.45) is 4.41. The highest BCUT2D eigenvalue weighted by atomic mass is 16.5. The third-order valence-corrected chi connectivity index (χ3v) is 4.05. The van der Waals surface area contributed by atoms with E-state index < -0.39 is 0 Å². The number of nitrogens with one attached hydrogen (secondary N) is 1. The van der Waals surface area contributed by atoms with Crippen LogP contribution in [0.3, 0.4) is 0 Å². The van der Waals surface area contributed by atoms with E-state index >= 15 is 0 Å². The molecule has 19 heavy (non-hydrogen) atoms. The fraction of sp³-hybridized carbons (Fsp3) is 0.533. The van der Waals surface area contributed by atoms with Crippen LogP contribution in [0.1, 0.15) is 35.2 Å². The van der Waals surface area contributed by atoms with Gasteiger partial charge in [0.2, 0.25) is 0 Å². The van der Waals surface area contributed by atoms with Crippen LogP contribution in [0.2, 0.25) is 0 Å². The predicted molar refractivity (Wildman–Crippen MR) is 70.9 cm³/mol. The van der Waals surface area contributed by atoms with Crippen molar-refractivity contribution in [3.8, 4) is 0 Å². The van der Waals surface area contributed by atoms with Gasteiger partial charge in [-0.3, -0.25) is 0 Å². The Labute approximate surface area is 113 Å². The number of carbonyl (C=O) groups is 1. The highest BCUT2D eigenvalue weighted by Gasteiger charge is 2.40. The average Bonchev–Trinajstić information content (AvgIpc) is 3.07. The van der Waals surface area contributed by atoms with Crippen LogP contribution in [-0.4, -0.2) is 31.3 Å². The maximum absolute atomic E-state index is 11.3. The van der Waals surface area contributed by atoms with Crippen molar-refractivity contribution < 1.29 is 14.3 Å². The van der Waals surface area contributed by atoms with E-state index in [9.17, 15) is 4.79 Å². The van der Waals surface area contributed by atoms with Gasteiger partial charge in [0.05, 0.1) is 24.9 Å². The molecular weight excluding hydrogens is 242 g/mol. The van der Waals surface area contributed by atoms with Crippen LogP contribution in [0.15, 0.2) is 24.3 Å². The molecule has 1 aromatic carbocycles. The lowest BCUT2D eigenvalue weighted by molar-refractivity contribution is 0.0600. The molecule has 0 spiro atoms. The van der Waals surface area contributed by atoms with Crippen LogP contribution >= 0.6 is 0 Å². The van der Waals surface area contributed by atoms with Gasteiger partial charge in [0, 0.05) is 12.6 Å². The van der Waals surface area contributed by atoms with E-state index in [1.165, 1.54) is 25.5 Å². The fourth-order valence-corrected chi connectivity index (χ4v) is 2.98. The molecule has 0 amide bonds. The molecule has 2 bridgehead atoms. The van der Waals surface area contributed by atoms with Crippen LogP contribution in [0.25, 0.3) is 0 Å². The Morgan fingerprint density at radius 2 is 2.16 bits per heavy atom. The Bertz CT molecular complexity index is 457. The first-order valence-corrected chi connectivity index (χ1v) is 6.82. The highest BCUT2D eigenvalue weighted by molar-refractivity contribution is 5.89. The van der Waals surface area contributed by atoms with Gasteiger partial charge >= 0.3 is 5.97 Å². The number of hydrogen-bond donors (Lipinski definition) is 1. The number of hydrogen-bond acceptors (Lipinski definition) is 4. The van der Waals surface area contributed by atoms with Crippen LogP contribution in [0, 0.1) is 0 Å². The minimum absolute atomic E-state index is 0.291. The fourth-order valence-electron chi connectivity index (χ4n) is 2.98. The number of fused-ring (bicyclic) bond motifs is 2. The largest absolute Gasteiger partial charge is 0.465 e. The van der Waals surface area contributed by atoms with Crippen molar-refractivity contribution in [2.24, 2.45) is 0 Å². The molecule has 1 N–H and O–H groups in total. The van der Waals surface area contributed by atoms with E-state index in [1.807, 2.05) is 12.1 Å². The van der Waals surface area contributed by atoms with Crippen LogP contribution in [-0.2, 0) is 16.0 Å². The van der Waals surface area contributed by atoms with E-state index in [0.29, 0.717) is 23.8 Å². The summed E-state index contributed by atoms with van der Waals surface area (Å²) >= 11 is 0. The van der Waals surface area contributed by atoms with Crippen molar-refractivity contribution in [2.75, 3.05) is 7.11 Å². The molecule has 4 heteroatoms. The molecule has 2 fully saturated rings. The van der Waals surface area contributed by atoms with Gasteiger partial charge in [-0.05, 0) is 37.0 Å². The molecule has 0 radical (unpaired) electrons. The quantitative estimate of drug-likeness (QED) is 0.841. The first-order chi connectivity index (χ1) is 9.26. The number of ether oxygens (including phenoxy) is 2. The number of carbonyl (C=O) groups excluding carboxylic acids is 1. The zero-order chi connectivity index (χ0) is 13.2.